The molecule has 1 aliphatic heterocycles. The van der Waals surface area contributed by atoms with Crippen LogP contribution in [0.15, 0.2) is 42.5 Å². The van der Waals surface area contributed by atoms with Gasteiger partial charge in [0.05, 0.1) is 17.7 Å². The van der Waals surface area contributed by atoms with Crippen molar-refractivity contribution in [1.82, 2.24) is 9.88 Å². The van der Waals surface area contributed by atoms with Gasteiger partial charge >= 0.3 is 0 Å². The number of rotatable bonds is 6. The van der Waals surface area contributed by atoms with Crippen molar-refractivity contribution in [3.63, 3.8) is 0 Å². The topological polar surface area (TPSA) is 101 Å². The van der Waals surface area contributed by atoms with Gasteiger partial charge < -0.3 is 14.5 Å². The van der Waals surface area contributed by atoms with Crippen LogP contribution in [-0.4, -0.2) is 61.1 Å². The third-order valence-electron chi connectivity index (χ3n) is 5.66. The first-order chi connectivity index (χ1) is 15.9. The van der Waals surface area contributed by atoms with Crippen LogP contribution in [0.25, 0.3) is 11.3 Å². The molecule has 10 heteroatoms. The van der Waals surface area contributed by atoms with Crippen molar-refractivity contribution in [2.75, 3.05) is 50.6 Å². The van der Waals surface area contributed by atoms with Gasteiger partial charge in [-0.15, -0.1) is 11.3 Å². The summed E-state index contributed by atoms with van der Waals surface area (Å²) in [6, 6.07) is 12.2. The first kappa shape index (κ1) is 22.7. The Morgan fingerprint density at radius 1 is 1.15 bits per heavy atom. The van der Waals surface area contributed by atoms with E-state index in [-0.39, 0.29) is 11.3 Å². The molecule has 1 fully saturated rings. The second kappa shape index (κ2) is 9.55. The molecule has 33 heavy (non-hydrogen) atoms. The molecule has 2 aromatic carbocycles. The van der Waals surface area contributed by atoms with Gasteiger partial charge in [0.1, 0.15) is 11.4 Å². The summed E-state index contributed by atoms with van der Waals surface area (Å²) in [5, 5.41) is 15.0. The van der Waals surface area contributed by atoms with Crippen molar-refractivity contribution in [2.45, 2.75) is 6.92 Å². The van der Waals surface area contributed by atoms with Crippen molar-refractivity contribution < 1.29 is 14.5 Å². The number of nitrogens with zero attached hydrogens (tertiary/aromatic N) is 4. The molecule has 0 bridgehead atoms. The number of carbonyl (C=O) groups excluding carboxylic acids is 1. The quantitative estimate of drug-likeness (QED) is 0.431. The molecular formula is C23H25N5O4S. The van der Waals surface area contributed by atoms with Gasteiger partial charge in [-0.25, -0.2) is 4.98 Å². The van der Waals surface area contributed by atoms with E-state index in [2.05, 4.69) is 15.2 Å². The number of amides is 1. The van der Waals surface area contributed by atoms with Gasteiger partial charge in [-0.3, -0.25) is 20.2 Å². The van der Waals surface area contributed by atoms with E-state index in [4.69, 9.17) is 4.74 Å². The Hall–Kier alpha value is -3.50. The molecule has 1 saturated heterocycles. The lowest BCUT2D eigenvalue weighted by atomic mass is 10.1. The SMILES string of the molecule is COc1ccc(-c2nc(NC(=O)c3ccc(N4CCN(C)CC4)c([N+](=O)[O-])c3)sc2C)cc1. The van der Waals surface area contributed by atoms with Crippen LogP contribution >= 0.6 is 11.3 Å². The highest BCUT2D eigenvalue weighted by atomic mass is 32.1. The fraction of sp³-hybridized carbons (Fsp3) is 0.304. The molecule has 9 nitrogen and oxygen atoms in total. The molecule has 0 aliphatic carbocycles. The summed E-state index contributed by atoms with van der Waals surface area (Å²) in [7, 11) is 3.64. The molecule has 2 heterocycles. The Morgan fingerprint density at radius 2 is 1.85 bits per heavy atom. The van der Waals surface area contributed by atoms with E-state index >= 15 is 0 Å². The number of hydrogen-bond acceptors (Lipinski definition) is 8. The van der Waals surface area contributed by atoms with E-state index in [1.165, 1.54) is 17.4 Å². The predicted octanol–water partition coefficient (Wildman–Crippen LogP) is 4.04. The highest BCUT2D eigenvalue weighted by Crippen LogP contribution is 2.33. The monoisotopic (exact) mass is 467 g/mol. The molecule has 1 aliphatic rings. The van der Waals surface area contributed by atoms with E-state index in [0.29, 0.717) is 23.9 Å². The van der Waals surface area contributed by atoms with Crippen LogP contribution in [0.3, 0.4) is 0 Å². The minimum absolute atomic E-state index is 0.0681. The van der Waals surface area contributed by atoms with Crippen LogP contribution in [0.2, 0.25) is 0 Å². The van der Waals surface area contributed by atoms with Crippen LogP contribution in [0.1, 0.15) is 15.2 Å². The number of nitro groups is 1. The number of nitrogens with one attached hydrogen (secondary N) is 1. The third kappa shape index (κ3) is 4.96. The number of aryl methyl sites for hydroxylation is 1. The number of aromatic nitrogens is 1. The Morgan fingerprint density at radius 3 is 2.48 bits per heavy atom. The van der Waals surface area contributed by atoms with Crippen molar-refractivity contribution >= 4 is 33.8 Å². The highest BCUT2D eigenvalue weighted by Gasteiger charge is 2.24. The number of ether oxygens (including phenoxy) is 1. The Bertz CT molecular complexity index is 1170. The zero-order chi connectivity index (χ0) is 23.5. The van der Waals surface area contributed by atoms with E-state index in [0.717, 1.165) is 35.0 Å². The lowest BCUT2D eigenvalue weighted by Gasteiger charge is -2.33. The largest absolute Gasteiger partial charge is 0.497 e. The summed E-state index contributed by atoms with van der Waals surface area (Å²) < 4.78 is 5.19. The second-order valence-corrected chi connectivity index (χ2v) is 9.06. The first-order valence-electron chi connectivity index (χ1n) is 10.5. The fourth-order valence-corrected chi connectivity index (χ4v) is 4.59. The number of likely N-dealkylation sites (N-methyl/N-ethyl adjacent to an activating group) is 1. The Kier molecular flexibility index (Phi) is 6.57. The molecule has 1 amide bonds. The minimum atomic E-state index is -0.432. The molecule has 172 valence electrons. The molecule has 0 atom stereocenters. The third-order valence-corrected chi connectivity index (χ3v) is 6.55. The first-order valence-corrected chi connectivity index (χ1v) is 11.3. The maximum absolute atomic E-state index is 12.9. The number of nitro benzene ring substituents is 1. The summed E-state index contributed by atoms with van der Waals surface area (Å²) in [5.41, 5.74) is 2.38. The van der Waals surface area contributed by atoms with Gasteiger partial charge in [-0.2, -0.15) is 0 Å². The van der Waals surface area contributed by atoms with Crippen LogP contribution in [0.4, 0.5) is 16.5 Å². The van der Waals surface area contributed by atoms with Gasteiger partial charge in [0.15, 0.2) is 5.13 Å². The van der Waals surface area contributed by atoms with Crippen LogP contribution in [0, 0.1) is 17.0 Å². The molecule has 1 N–H and O–H groups in total. The van der Waals surface area contributed by atoms with Gasteiger partial charge in [0, 0.05) is 48.2 Å². The molecule has 4 rings (SSSR count). The molecule has 1 aromatic heterocycles. The van der Waals surface area contributed by atoms with Crippen LogP contribution < -0.4 is 15.0 Å². The molecule has 0 unspecified atom stereocenters. The van der Waals surface area contributed by atoms with E-state index in [1.54, 1.807) is 19.2 Å². The fourth-order valence-electron chi connectivity index (χ4n) is 3.76. The van der Waals surface area contributed by atoms with E-state index in [1.807, 2.05) is 43.1 Å². The van der Waals surface area contributed by atoms with Crippen molar-refractivity contribution in [3.05, 3.63) is 63.0 Å². The Balaban J connectivity index is 1.53. The summed E-state index contributed by atoms with van der Waals surface area (Å²) in [6.07, 6.45) is 0. The maximum Gasteiger partial charge on any atom is 0.293 e. The van der Waals surface area contributed by atoms with E-state index in [9.17, 15) is 14.9 Å². The van der Waals surface area contributed by atoms with Crippen molar-refractivity contribution in [3.8, 4) is 17.0 Å². The zero-order valence-electron chi connectivity index (χ0n) is 18.7. The number of benzene rings is 2. The van der Waals surface area contributed by atoms with Crippen LogP contribution in [-0.2, 0) is 0 Å². The molecule has 0 radical (unpaired) electrons. The average molecular weight is 468 g/mol. The number of anilines is 2. The predicted molar refractivity (Wildman–Crippen MR) is 130 cm³/mol. The molecule has 0 spiro atoms. The lowest BCUT2D eigenvalue weighted by Crippen LogP contribution is -2.44. The van der Waals surface area contributed by atoms with Gasteiger partial charge in [0.25, 0.3) is 11.6 Å². The second-order valence-electron chi connectivity index (χ2n) is 7.86. The number of hydrogen-bond donors (Lipinski definition) is 1. The van der Waals surface area contributed by atoms with Crippen LogP contribution in [0.5, 0.6) is 5.75 Å². The number of piperazine rings is 1. The normalized spacial score (nSPS) is 14.2. The van der Waals surface area contributed by atoms with Gasteiger partial charge in [-0.05, 0) is 50.4 Å². The summed E-state index contributed by atoms with van der Waals surface area (Å²) in [4.78, 5) is 33.8. The van der Waals surface area contributed by atoms with Gasteiger partial charge in [-0.1, -0.05) is 0 Å². The lowest BCUT2D eigenvalue weighted by molar-refractivity contribution is -0.384. The molecule has 0 saturated carbocycles. The maximum atomic E-state index is 12.9. The van der Waals surface area contributed by atoms with Crippen molar-refractivity contribution in [2.24, 2.45) is 0 Å². The number of thiazole rings is 1. The minimum Gasteiger partial charge on any atom is -0.497 e. The highest BCUT2D eigenvalue weighted by molar-refractivity contribution is 7.16. The summed E-state index contributed by atoms with van der Waals surface area (Å²) >= 11 is 1.36. The zero-order valence-corrected chi connectivity index (χ0v) is 19.5. The van der Waals surface area contributed by atoms with E-state index < -0.39 is 10.8 Å². The molecule has 3 aromatic rings. The Labute approximate surface area is 195 Å². The standard InChI is InChI=1S/C23H25N5O4S/c1-15-21(16-4-7-18(32-3)8-5-16)24-23(33-15)25-22(29)17-6-9-19(20(14-17)28(30)31)27-12-10-26(2)11-13-27/h4-9,14H,10-13H2,1-3H3,(H,24,25,29). The average Bonchev–Trinajstić information content (AvgIpc) is 3.19. The molecular weight excluding hydrogens is 442 g/mol. The van der Waals surface area contributed by atoms with Crippen molar-refractivity contribution in [1.29, 1.82) is 0 Å². The number of methoxy groups -OCH3 is 1. The van der Waals surface area contributed by atoms with Gasteiger partial charge in [0.2, 0.25) is 0 Å². The summed E-state index contributed by atoms with van der Waals surface area (Å²) in [5.74, 6) is 0.319. The smallest absolute Gasteiger partial charge is 0.293 e. The number of carbonyl (C=O) groups is 1. The summed E-state index contributed by atoms with van der Waals surface area (Å²) in [6.45, 7) is 5.01.